The highest BCUT2D eigenvalue weighted by Gasteiger charge is 2.16. The number of carbonyl (C=O) groups excluding carboxylic acids is 1. The number of carbonyl (C=O) groups is 1. The third kappa shape index (κ3) is 3.45. The van der Waals surface area contributed by atoms with Gasteiger partial charge in [-0.2, -0.15) is 0 Å². The van der Waals surface area contributed by atoms with E-state index in [4.69, 9.17) is 0 Å². The Balaban J connectivity index is 1.70. The molecule has 0 atom stereocenters. The van der Waals surface area contributed by atoms with Gasteiger partial charge in [0.25, 0.3) is 5.91 Å². The van der Waals surface area contributed by atoms with Crippen molar-refractivity contribution in [3.05, 3.63) is 53.7 Å². The van der Waals surface area contributed by atoms with Crippen LogP contribution < -0.4 is 15.5 Å². The van der Waals surface area contributed by atoms with Crippen LogP contribution in [0.3, 0.4) is 0 Å². The highest BCUT2D eigenvalue weighted by atomic mass is 19.2. The van der Waals surface area contributed by atoms with Crippen molar-refractivity contribution >= 4 is 17.4 Å². The molecule has 1 aliphatic heterocycles. The van der Waals surface area contributed by atoms with Crippen LogP contribution in [0.2, 0.25) is 0 Å². The molecule has 1 aromatic carbocycles. The number of amides is 1. The van der Waals surface area contributed by atoms with Gasteiger partial charge in [0.1, 0.15) is 5.82 Å². The number of nitrogens with one attached hydrogen (secondary N) is 2. The lowest BCUT2D eigenvalue weighted by molar-refractivity contribution is 0.102. The Kier molecular flexibility index (Phi) is 4.47. The SMILES string of the molecule is O=C(Nc1ccc(N2CCNCC2)cn1)c1cccc(F)c1F. The largest absolute Gasteiger partial charge is 0.368 e. The van der Waals surface area contributed by atoms with Gasteiger partial charge in [-0.05, 0) is 24.3 Å². The van der Waals surface area contributed by atoms with E-state index < -0.39 is 17.5 Å². The zero-order valence-electron chi connectivity index (χ0n) is 12.4. The molecule has 1 aliphatic rings. The predicted octanol–water partition coefficient (Wildman–Crippen LogP) is 2.02. The van der Waals surface area contributed by atoms with Crippen LogP contribution >= 0.6 is 0 Å². The second-order valence-corrected chi connectivity index (χ2v) is 5.19. The van der Waals surface area contributed by atoms with Gasteiger partial charge in [-0.15, -0.1) is 0 Å². The lowest BCUT2D eigenvalue weighted by Gasteiger charge is -2.29. The zero-order valence-corrected chi connectivity index (χ0v) is 12.4. The fourth-order valence-electron chi connectivity index (χ4n) is 2.43. The molecule has 5 nitrogen and oxygen atoms in total. The van der Waals surface area contributed by atoms with Crippen LogP contribution in [-0.4, -0.2) is 37.1 Å². The number of hydrogen-bond acceptors (Lipinski definition) is 4. The fourth-order valence-corrected chi connectivity index (χ4v) is 2.43. The number of piperazine rings is 1. The van der Waals surface area contributed by atoms with Crippen LogP contribution in [0.1, 0.15) is 10.4 Å². The molecule has 2 aromatic rings. The Hall–Kier alpha value is -2.54. The van der Waals surface area contributed by atoms with Crippen LogP contribution in [-0.2, 0) is 0 Å². The van der Waals surface area contributed by atoms with Crippen molar-refractivity contribution in [2.24, 2.45) is 0 Å². The summed E-state index contributed by atoms with van der Waals surface area (Å²) in [6.07, 6.45) is 1.66. The monoisotopic (exact) mass is 318 g/mol. The molecule has 0 unspecified atom stereocenters. The minimum atomic E-state index is -1.16. The van der Waals surface area contributed by atoms with E-state index >= 15 is 0 Å². The molecule has 3 rings (SSSR count). The van der Waals surface area contributed by atoms with E-state index in [0.29, 0.717) is 0 Å². The smallest absolute Gasteiger partial charge is 0.259 e. The Labute approximate surface area is 132 Å². The van der Waals surface area contributed by atoms with Gasteiger partial charge in [0.15, 0.2) is 11.6 Å². The topological polar surface area (TPSA) is 57.3 Å². The van der Waals surface area contributed by atoms with Crippen molar-refractivity contribution < 1.29 is 13.6 Å². The summed E-state index contributed by atoms with van der Waals surface area (Å²) < 4.78 is 26.7. The van der Waals surface area contributed by atoms with E-state index in [9.17, 15) is 13.6 Å². The molecule has 7 heteroatoms. The van der Waals surface area contributed by atoms with E-state index in [1.54, 1.807) is 12.3 Å². The minimum absolute atomic E-state index is 0.289. The normalized spacial score (nSPS) is 14.6. The molecule has 23 heavy (non-hydrogen) atoms. The lowest BCUT2D eigenvalue weighted by Crippen LogP contribution is -2.43. The molecule has 1 amide bonds. The average Bonchev–Trinajstić information content (AvgIpc) is 2.59. The maximum atomic E-state index is 13.6. The number of anilines is 2. The van der Waals surface area contributed by atoms with E-state index in [0.717, 1.165) is 37.9 Å². The van der Waals surface area contributed by atoms with Gasteiger partial charge >= 0.3 is 0 Å². The van der Waals surface area contributed by atoms with Crippen molar-refractivity contribution in [1.29, 1.82) is 0 Å². The summed E-state index contributed by atoms with van der Waals surface area (Å²) in [6.45, 7) is 3.61. The van der Waals surface area contributed by atoms with E-state index in [2.05, 4.69) is 20.5 Å². The third-order valence-electron chi connectivity index (χ3n) is 3.67. The maximum absolute atomic E-state index is 13.6. The lowest BCUT2D eigenvalue weighted by atomic mass is 10.2. The van der Waals surface area contributed by atoms with Crippen molar-refractivity contribution in [3.8, 4) is 0 Å². The summed E-state index contributed by atoms with van der Waals surface area (Å²) in [5.74, 6) is -2.66. The summed E-state index contributed by atoms with van der Waals surface area (Å²) in [5, 5.41) is 5.73. The van der Waals surface area contributed by atoms with Crippen LogP contribution in [0.25, 0.3) is 0 Å². The molecule has 1 saturated heterocycles. The number of halogens is 2. The minimum Gasteiger partial charge on any atom is -0.368 e. The Morgan fingerprint density at radius 2 is 1.96 bits per heavy atom. The van der Waals surface area contributed by atoms with Crippen LogP contribution in [0.15, 0.2) is 36.5 Å². The van der Waals surface area contributed by atoms with E-state index in [1.165, 1.54) is 12.1 Å². The Bertz CT molecular complexity index is 700. The third-order valence-corrected chi connectivity index (χ3v) is 3.67. The standard InChI is InChI=1S/C16H16F2N4O/c17-13-3-1-2-12(15(13)18)16(23)21-14-5-4-11(10-20-14)22-8-6-19-7-9-22/h1-5,10,19H,6-9H2,(H,20,21,23). The zero-order chi connectivity index (χ0) is 16.2. The molecule has 1 fully saturated rings. The summed E-state index contributed by atoms with van der Waals surface area (Å²) in [6, 6.07) is 6.96. The molecular weight excluding hydrogens is 302 g/mol. The highest BCUT2D eigenvalue weighted by Crippen LogP contribution is 2.17. The number of pyridine rings is 1. The highest BCUT2D eigenvalue weighted by molar-refractivity contribution is 6.04. The van der Waals surface area contributed by atoms with Gasteiger partial charge < -0.3 is 15.5 Å². The van der Waals surface area contributed by atoms with Crippen molar-refractivity contribution in [3.63, 3.8) is 0 Å². The average molecular weight is 318 g/mol. The molecule has 0 spiro atoms. The fraction of sp³-hybridized carbons (Fsp3) is 0.250. The molecule has 120 valence electrons. The van der Waals surface area contributed by atoms with E-state index in [1.807, 2.05) is 6.07 Å². The molecular formula is C16H16F2N4O. The van der Waals surface area contributed by atoms with Crippen LogP contribution in [0.5, 0.6) is 0 Å². The molecule has 0 bridgehead atoms. The van der Waals surface area contributed by atoms with Gasteiger partial charge in [0.05, 0.1) is 17.4 Å². The molecule has 0 radical (unpaired) electrons. The second-order valence-electron chi connectivity index (χ2n) is 5.19. The quantitative estimate of drug-likeness (QED) is 0.909. The maximum Gasteiger partial charge on any atom is 0.259 e. The predicted molar refractivity (Wildman–Crippen MR) is 83.6 cm³/mol. The first-order valence-corrected chi connectivity index (χ1v) is 7.32. The number of benzene rings is 1. The number of aromatic nitrogens is 1. The molecule has 0 aliphatic carbocycles. The summed E-state index contributed by atoms with van der Waals surface area (Å²) in [7, 11) is 0. The first-order chi connectivity index (χ1) is 11.1. The number of rotatable bonds is 3. The summed E-state index contributed by atoms with van der Waals surface area (Å²) >= 11 is 0. The van der Waals surface area contributed by atoms with Gasteiger partial charge in [0.2, 0.25) is 0 Å². The van der Waals surface area contributed by atoms with Gasteiger partial charge in [-0.25, -0.2) is 13.8 Å². The van der Waals surface area contributed by atoms with E-state index in [-0.39, 0.29) is 11.4 Å². The van der Waals surface area contributed by atoms with Crippen molar-refractivity contribution in [2.45, 2.75) is 0 Å². The van der Waals surface area contributed by atoms with Gasteiger partial charge in [-0.1, -0.05) is 6.07 Å². The second kappa shape index (κ2) is 6.70. The van der Waals surface area contributed by atoms with Crippen molar-refractivity contribution in [2.75, 3.05) is 36.4 Å². The Morgan fingerprint density at radius 3 is 2.65 bits per heavy atom. The Morgan fingerprint density at radius 1 is 1.17 bits per heavy atom. The van der Waals surface area contributed by atoms with Crippen LogP contribution in [0, 0.1) is 11.6 Å². The number of nitrogens with zero attached hydrogens (tertiary/aromatic N) is 2. The summed E-state index contributed by atoms with van der Waals surface area (Å²) in [4.78, 5) is 18.3. The van der Waals surface area contributed by atoms with Gasteiger partial charge in [0, 0.05) is 26.2 Å². The van der Waals surface area contributed by atoms with Gasteiger partial charge in [-0.3, -0.25) is 4.79 Å². The first-order valence-electron chi connectivity index (χ1n) is 7.32. The summed E-state index contributed by atoms with van der Waals surface area (Å²) in [5.41, 5.74) is 0.611. The molecule has 1 aromatic heterocycles. The number of hydrogen-bond donors (Lipinski definition) is 2. The van der Waals surface area contributed by atoms with Crippen LogP contribution in [0.4, 0.5) is 20.3 Å². The molecule has 2 heterocycles. The van der Waals surface area contributed by atoms with Crippen molar-refractivity contribution in [1.82, 2.24) is 10.3 Å². The first kappa shape index (κ1) is 15.4. The molecule has 2 N–H and O–H groups in total. The molecule has 0 saturated carbocycles.